The second kappa shape index (κ2) is 8.43. The summed E-state index contributed by atoms with van der Waals surface area (Å²) in [4.78, 5) is 10.5. The van der Waals surface area contributed by atoms with Crippen molar-refractivity contribution in [3.8, 4) is 11.5 Å². The van der Waals surface area contributed by atoms with Gasteiger partial charge in [0.15, 0.2) is 11.5 Å². The van der Waals surface area contributed by atoms with Gasteiger partial charge in [-0.15, -0.1) is 0 Å². The van der Waals surface area contributed by atoms with Crippen molar-refractivity contribution in [2.24, 2.45) is 5.10 Å². The van der Waals surface area contributed by atoms with Gasteiger partial charge in [0, 0.05) is 19.2 Å². The summed E-state index contributed by atoms with van der Waals surface area (Å²) < 4.78 is 31.7. The monoisotopic (exact) mass is 422 g/mol. The molecule has 0 aromatic heterocycles. The van der Waals surface area contributed by atoms with Gasteiger partial charge in [0.2, 0.25) is 10.0 Å². The highest BCUT2D eigenvalue weighted by atomic mass is 32.2. The number of phenolic OH excluding ortho intramolecular Hbond substituents is 2. The Morgan fingerprint density at radius 1 is 1.14 bits per heavy atom. The minimum Gasteiger partial charge on any atom is -0.504 e. The van der Waals surface area contributed by atoms with Crippen LogP contribution in [0.15, 0.2) is 46.4 Å². The Kier molecular flexibility index (Phi) is 5.96. The van der Waals surface area contributed by atoms with E-state index >= 15 is 0 Å². The number of nitro groups is 1. The lowest BCUT2D eigenvalue weighted by molar-refractivity contribution is -0.384. The summed E-state index contributed by atoms with van der Waals surface area (Å²) >= 11 is 0. The van der Waals surface area contributed by atoms with E-state index in [-0.39, 0.29) is 48.4 Å². The van der Waals surface area contributed by atoms with E-state index in [0.29, 0.717) is 5.56 Å². The van der Waals surface area contributed by atoms with Crippen molar-refractivity contribution < 1.29 is 28.3 Å². The molecule has 1 heterocycles. The highest BCUT2D eigenvalue weighted by Crippen LogP contribution is 2.29. The number of hydrazone groups is 1. The molecule has 3 rings (SSSR count). The summed E-state index contributed by atoms with van der Waals surface area (Å²) in [6, 6.07) is 7.51. The molecule has 2 aromatic rings. The number of anilines is 1. The molecule has 3 N–H and O–H groups in total. The fourth-order valence-corrected chi connectivity index (χ4v) is 4.08. The highest BCUT2D eigenvalue weighted by molar-refractivity contribution is 7.89. The zero-order valence-electron chi connectivity index (χ0n) is 15.1. The molecule has 29 heavy (non-hydrogen) atoms. The number of nitro benzene ring substituents is 1. The van der Waals surface area contributed by atoms with Gasteiger partial charge >= 0.3 is 0 Å². The maximum atomic E-state index is 12.7. The maximum absolute atomic E-state index is 12.7. The van der Waals surface area contributed by atoms with E-state index in [9.17, 15) is 28.7 Å². The predicted octanol–water partition coefficient (Wildman–Crippen LogP) is 1.47. The normalized spacial score (nSPS) is 15.4. The second-order valence-electron chi connectivity index (χ2n) is 6.07. The van der Waals surface area contributed by atoms with Gasteiger partial charge in [-0.2, -0.15) is 9.41 Å². The maximum Gasteiger partial charge on any atom is 0.295 e. The molecule has 0 radical (unpaired) electrons. The number of ether oxygens (including phenoxy) is 1. The van der Waals surface area contributed by atoms with E-state index in [1.54, 1.807) is 0 Å². The van der Waals surface area contributed by atoms with Crippen LogP contribution >= 0.6 is 0 Å². The molecular formula is C17H18N4O7S. The van der Waals surface area contributed by atoms with E-state index in [1.807, 2.05) is 0 Å². The SMILES string of the molecule is O=[N+]([O-])c1cc(S(=O)(=O)N2CCOCC2)ccc1N/N=C/c1ccc(O)c(O)c1. The minimum absolute atomic E-state index is 0.00447. The number of morpholine rings is 1. The molecule has 0 spiro atoms. The van der Waals surface area contributed by atoms with Crippen LogP contribution in [0, 0.1) is 10.1 Å². The summed E-state index contributed by atoms with van der Waals surface area (Å²) in [6.45, 7) is 0.894. The largest absolute Gasteiger partial charge is 0.504 e. The van der Waals surface area contributed by atoms with Gasteiger partial charge in [0.1, 0.15) is 5.69 Å². The van der Waals surface area contributed by atoms with Crippen LogP contribution < -0.4 is 5.43 Å². The topological polar surface area (TPSA) is 155 Å². The first-order valence-corrected chi connectivity index (χ1v) is 9.90. The van der Waals surface area contributed by atoms with E-state index in [4.69, 9.17) is 4.74 Å². The Hall–Kier alpha value is -3.22. The van der Waals surface area contributed by atoms with E-state index in [0.717, 1.165) is 6.07 Å². The third-order valence-corrected chi connectivity index (χ3v) is 6.07. The molecule has 0 atom stereocenters. The molecule has 1 aliphatic heterocycles. The number of benzene rings is 2. The van der Waals surface area contributed by atoms with Crippen LogP contribution in [0.2, 0.25) is 0 Å². The lowest BCUT2D eigenvalue weighted by atomic mass is 10.2. The predicted molar refractivity (Wildman–Crippen MR) is 104 cm³/mol. The van der Waals surface area contributed by atoms with Crippen LogP contribution in [0.4, 0.5) is 11.4 Å². The van der Waals surface area contributed by atoms with Crippen molar-refractivity contribution >= 4 is 27.6 Å². The van der Waals surface area contributed by atoms with E-state index in [2.05, 4.69) is 10.5 Å². The fraction of sp³-hybridized carbons (Fsp3) is 0.235. The zero-order valence-corrected chi connectivity index (χ0v) is 15.9. The van der Waals surface area contributed by atoms with Crippen molar-refractivity contribution in [2.75, 3.05) is 31.7 Å². The first kappa shape index (κ1) is 20.5. The van der Waals surface area contributed by atoms with Crippen molar-refractivity contribution in [2.45, 2.75) is 4.90 Å². The first-order valence-electron chi connectivity index (χ1n) is 8.46. The van der Waals surface area contributed by atoms with Crippen molar-refractivity contribution in [3.63, 3.8) is 0 Å². The number of aromatic hydroxyl groups is 2. The van der Waals surface area contributed by atoms with Crippen LogP contribution in [-0.2, 0) is 14.8 Å². The summed E-state index contributed by atoms with van der Waals surface area (Å²) in [7, 11) is -3.88. The number of nitrogens with one attached hydrogen (secondary N) is 1. The standard InChI is InChI=1S/C17H18N4O7S/c22-16-4-1-12(9-17(16)23)11-18-19-14-3-2-13(10-15(14)21(24)25)29(26,27)20-5-7-28-8-6-20/h1-4,9-11,19,22-23H,5-8H2/b18-11+. The Balaban J connectivity index is 1.83. The fourth-order valence-electron chi connectivity index (χ4n) is 2.65. The average molecular weight is 422 g/mol. The molecule has 1 aliphatic rings. The minimum atomic E-state index is -3.88. The van der Waals surface area contributed by atoms with Crippen molar-refractivity contribution in [1.82, 2.24) is 4.31 Å². The number of nitrogens with zero attached hydrogens (tertiary/aromatic N) is 3. The molecule has 0 saturated carbocycles. The quantitative estimate of drug-likeness (QED) is 0.274. The van der Waals surface area contributed by atoms with Crippen LogP contribution in [0.1, 0.15) is 5.56 Å². The summed E-state index contributed by atoms with van der Waals surface area (Å²) in [5, 5.41) is 34.0. The van der Waals surface area contributed by atoms with Gasteiger partial charge in [-0.05, 0) is 35.9 Å². The summed E-state index contributed by atoms with van der Waals surface area (Å²) in [5.41, 5.74) is 2.46. The Bertz CT molecular complexity index is 1050. The van der Waals surface area contributed by atoms with Gasteiger partial charge in [0.25, 0.3) is 5.69 Å². The average Bonchev–Trinajstić information content (AvgIpc) is 2.71. The lowest BCUT2D eigenvalue weighted by Gasteiger charge is -2.26. The molecular weight excluding hydrogens is 404 g/mol. The lowest BCUT2D eigenvalue weighted by Crippen LogP contribution is -2.40. The van der Waals surface area contributed by atoms with Gasteiger partial charge in [-0.1, -0.05) is 0 Å². The second-order valence-corrected chi connectivity index (χ2v) is 8.01. The third kappa shape index (κ3) is 4.62. The molecule has 0 aliphatic carbocycles. The van der Waals surface area contributed by atoms with E-state index in [1.165, 1.54) is 40.9 Å². The van der Waals surface area contributed by atoms with Crippen LogP contribution in [0.5, 0.6) is 11.5 Å². The van der Waals surface area contributed by atoms with Crippen LogP contribution in [0.25, 0.3) is 0 Å². The van der Waals surface area contributed by atoms with Crippen LogP contribution in [-0.4, -0.2) is 60.4 Å². The number of sulfonamides is 1. The van der Waals surface area contributed by atoms with E-state index < -0.39 is 20.6 Å². The number of hydrogen-bond donors (Lipinski definition) is 3. The summed E-state index contributed by atoms with van der Waals surface area (Å²) in [6.07, 6.45) is 1.28. The Morgan fingerprint density at radius 2 is 1.86 bits per heavy atom. The highest BCUT2D eigenvalue weighted by Gasteiger charge is 2.28. The molecule has 1 fully saturated rings. The summed E-state index contributed by atoms with van der Waals surface area (Å²) in [5.74, 6) is -0.625. The number of hydrogen-bond acceptors (Lipinski definition) is 9. The number of phenols is 2. The van der Waals surface area contributed by atoms with Gasteiger partial charge in [0.05, 0.1) is 29.2 Å². The van der Waals surface area contributed by atoms with Crippen LogP contribution in [0.3, 0.4) is 0 Å². The molecule has 2 aromatic carbocycles. The third-order valence-electron chi connectivity index (χ3n) is 4.17. The zero-order chi connectivity index (χ0) is 21.0. The van der Waals surface area contributed by atoms with Crippen molar-refractivity contribution in [1.29, 1.82) is 0 Å². The van der Waals surface area contributed by atoms with Gasteiger partial charge in [-0.3, -0.25) is 15.5 Å². The van der Waals surface area contributed by atoms with Crippen molar-refractivity contribution in [3.05, 3.63) is 52.1 Å². The van der Waals surface area contributed by atoms with Gasteiger partial charge < -0.3 is 14.9 Å². The molecule has 12 heteroatoms. The molecule has 154 valence electrons. The Morgan fingerprint density at radius 3 is 2.52 bits per heavy atom. The molecule has 11 nitrogen and oxygen atoms in total. The first-order chi connectivity index (χ1) is 13.8. The molecule has 0 unspecified atom stereocenters. The molecule has 0 amide bonds. The smallest absolute Gasteiger partial charge is 0.295 e. The molecule has 1 saturated heterocycles. The van der Waals surface area contributed by atoms with Gasteiger partial charge in [-0.25, -0.2) is 8.42 Å². The number of rotatable bonds is 6. The molecule has 0 bridgehead atoms. The Labute approximate surface area is 166 Å².